The lowest BCUT2D eigenvalue weighted by Crippen LogP contribution is -2.50. The summed E-state index contributed by atoms with van der Waals surface area (Å²) in [4.78, 5) is 14.2. The van der Waals surface area contributed by atoms with Gasteiger partial charge in [-0.2, -0.15) is 0 Å². The van der Waals surface area contributed by atoms with Crippen molar-refractivity contribution in [2.75, 3.05) is 32.9 Å². The van der Waals surface area contributed by atoms with E-state index in [1.54, 1.807) is 12.1 Å². The van der Waals surface area contributed by atoms with E-state index in [0.717, 1.165) is 29.8 Å². The van der Waals surface area contributed by atoms with E-state index in [9.17, 15) is 4.79 Å². The third-order valence-electron chi connectivity index (χ3n) is 8.74. The number of benzene rings is 3. The van der Waals surface area contributed by atoms with E-state index in [1.807, 2.05) is 42.5 Å². The molecule has 11 nitrogen and oxygen atoms in total. The SMILES string of the molecule is CC1(Br)C(c2ccccc2)=CC=CC1(COc1cc(OCc2ccc3nonc3c2)c(C=O)cc1Cl)c1nnc(CN2CCOCC2)o1. The van der Waals surface area contributed by atoms with Crippen molar-refractivity contribution in [1.29, 1.82) is 0 Å². The monoisotopic (exact) mass is 731 g/mol. The Bertz CT molecular complexity index is 1990. The average Bonchev–Trinajstić information content (AvgIpc) is 3.78. The van der Waals surface area contributed by atoms with Gasteiger partial charge in [-0.1, -0.05) is 82.2 Å². The number of ether oxygens (including phenoxy) is 3. The zero-order chi connectivity index (χ0) is 33.1. The molecular formula is C35H31BrClN5O6. The number of aldehydes is 1. The molecule has 0 N–H and O–H groups in total. The van der Waals surface area contributed by atoms with Crippen molar-refractivity contribution in [1.82, 2.24) is 25.4 Å². The molecule has 3 heterocycles. The number of aromatic nitrogens is 4. The Morgan fingerprint density at radius 1 is 1.00 bits per heavy atom. The zero-order valence-corrected chi connectivity index (χ0v) is 28.3. The van der Waals surface area contributed by atoms with Gasteiger partial charge in [0.05, 0.1) is 34.7 Å². The van der Waals surface area contributed by atoms with E-state index in [2.05, 4.69) is 66.5 Å². The Morgan fingerprint density at radius 3 is 2.62 bits per heavy atom. The lowest BCUT2D eigenvalue weighted by molar-refractivity contribution is 0.0301. The van der Waals surface area contributed by atoms with Crippen molar-refractivity contribution in [3.05, 3.63) is 112 Å². The molecule has 0 saturated carbocycles. The van der Waals surface area contributed by atoms with Gasteiger partial charge in [-0.25, -0.2) is 4.63 Å². The minimum Gasteiger partial charge on any atom is -0.490 e. The normalized spacial score (nSPS) is 21.3. The molecule has 2 aromatic heterocycles. The zero-order valence-electron chi connectivity index (χ0n) is 26.0. The summed E-state index contributed by atoms with van der Waals surface area (Å²) in [5.41, 5.74) is 3.41. The van der Waals surface area contributed by atoms with Crippen LogP contribution in [0.4, 0.5) is 0 Å². The van der Waals surface area contributed by atoms with Crippen LogP contribution in [0.2, 0.25) is 5.02 Å². The molecule has 5 aromatic rings. The molecule has 0 amide bonds. The maximum Gasteiger partial charge on any atom is 0.231 e. The summed E-state index contributed by atoms with van der Waals surface area (Å²) in [5, 5.41) is 17.0. The van der Waals surface area contributed by atoms with Crippen LogP contribution in [0.15, 0.2) is 87.9 Å². The van der Waals surface area contributed by atoms with Gasteiger partial charge < -0.3 is 18.6 Å². The molecule has 1 aliphatic heterocycles. The van der Waals surface area contributed by atoms with E-state index in [1.165, 1.54) is 6.07 Å². The van der Waals surface area contributed by atoms with E-state index in [4.69, 9.17) is 34.9 Å². The number of carbonyl (C=O) groups excluding carboxylic acids is 1. The Labute approximate surface area is 289 Å². The van der Waals surface area contributed by atoms with Gasteiger partial charge in [-0.3, -0.25) is 9.69 Å². The summed E-state index contributed by atoms with van der Waals surface area (Å²) in [7, 11) is 0. The maximum atomic E-state index is 12.0. The van der Waals surface area contributed by atoms with Crippen LogP contribution in [-0.4, -0.2) is 68.9 Å². The van der Waals surface area contributed by atoms with Crippen molar-refractivity contribution in [3.8, 4) is 11.5 Å². The number of morpholine rings is 1. The van der Waals surface area contributed by atoms with Gasteiger partial charge in [0, 0.05) is 19.2 Å². The lowest BCUT2D eigenvalue weighted by Gasteiger charge is -2.44. The first-order valence-electron chi connectivity index (χ1n) is 15.4. The fourth-order valence-corrected chi connectivity index (χ4v) is 6.96. The van der Waals surface area contributed by atoms with Gasteiger partial charge in [0.25, 0.3) is 0 Å². The van der Waals surface area contributed by atoms with E-state index < -0.39 is 9.74 Å². The topological polar surface area (TPSA) is 126 Å². The summed E-state index contributed by atoms with van der Waals surface area (Å²) in [6.07, 6.45) is 6.76. The lowest BCUT2D eigenvalue weighted by atomic mass is 9.68. The molecule has 0 bridgehead atoms. The average molecular weight is 733 g/mol. The molecule has 2 unspecified atom stereocenters. The first kappa shape index (κ1) is 32.2. The predicted octanol–water partition coefficient (Wildman–Crippen LogP) is 6.61. The number of hydrogen-bond acceptors (Lipinski definition) is 11. The largest absolute Gasteiger partial charge is 0.490 e. The van der Waals surface area contributed by atoms with Crippen LogP contribution in [0, 0.1) is 0 Å². The van der Waals surface area contributed by atoms with Gasteiger partial charge >= 0.3 is 0 Å². The molecule has 2 atom stereocenters. The van der Waals surface area contributed by atoms with Gasteiger partial charge in [-0.05, 0) is 52.1 Å². The highest BCUT2D eigenvalue weighted by atomic mass is 79.9. The van der Waals surface area contributed by atoms with Crippen LogP contribution in [0.1, 0.15) is 40.2 Å². The summed E-state index contributed by atoms with van der Waals surface area (Å²) in [5.74, 6) is 1.53. The highest BCUT2D eigenvalue weighted by Crippen LogP contribution is 2.53. The van der Waals surface area contributed by atoms with Crippen molar-refractivity contribution in [2.45, 2.75) is 29.8 Å². The van der Waals surface area contributed by atoms with Crippen LogP contribution >= 0.6 is 27.5 Å². The molecule has 0 spiro atoms. The van der Waals surface area contributed by atoms with E-state index >= 15 is 0 Å². The molecule has 1 fully saturated rings. The molecule has 0 radical (unpaired) electrons. The number of halogens is 2. The third kappa shape index (κ3) is 6.28. The minimum atomic E-state index is -0.974. The number of rotatable bonds is 11. The van der Waals surface area contributed by atoms with Crippen LogP contribution < -0.4 is 9.47 Å². The molecule has 1 aliphatic carbocycles. The van der Waals surface area contributed by atoms with Crippen LogP contribution in [0.3, 0.4) is 0 Å². The molecule has 2 aliphatic rings. The summed E-state index contributed by atoms with van der Waals surface area (Å²) >= 11 is 10.8. The van der Waals surface area contributed by atoms with Gasteiger partial charge in [0.2, 0.25) is 11.8 Å². The van der Waals surface area contributed by atoms with Crippen molar-refractivity contribution in [3.63, 3.8) is 0 Å². The minimum absolute atomic E-state index is 0.0596. The fourth-order valence-electron chi connectivity index (χ4n) is 5.96. The van der Waals surface area contributed by atoms with Crippen molar-refractivity contribution in [2.24, 2.45) is 0 Å². The van der Waals surface area contributed by atoms with Crippen LogP contribution in [-0.2, 0) is 23.3 Å². The van der Waals surface area contributed by atoms with Crippen LogP contribution in [0.25, 0.3) is 16.6 Å². The van der Waals surface area contributed by atoms with Crippen molar-refractivity contribution < 1.29 is 28.1 Å². The first-order chi connectivity index (χ1) is 23.4. The molecular weight excluding hydrogens is 702 g/mol. The molecule has 3 aromatic carbocycles. The Kier molecular flexibility index (Phi) is 9.15. The second kappa shape index (κ2) is 13.6. The third-order valence-corrected chi connectivity index (χ3v) is 10.2. The van der Waals surface area contributed by atoms with Crippen molar-refractivity contribution >= 4 is 50.4 Å². The Hall–Kier alpha value is -4.36. The smallest absolute Gasteiger partial charge is 0.231 e. The summed E-state index contributed by atoms with van der Waals surface area (Å²) in [6.45, 7) is 5.70. The summed E-state index contributed by atoms with van der Waals surface area (Å²) in [6, 6.07) is 18.7. The van der Waals surface area contributed by atoms with Gasteiger partial charge in [-0.15, -0.1) is 10.2 Å². The standard InChI is InChI=1S/C35H31BrClN5O6/c1-34(36)26(24-6-3-2-4-7-24)8-5-11-35(34,33-39-38-32(47-33)19-42-12-14-44-15-13-42)22-46-31-18-30(25(20-43)17-27(31)37)45-21-23-9-10-28-29(16-23)41-48-40-28/h2-11,16-18,20H,12-15,19,21-22H2,1H3. The molecule has 246 valence electrons. The molecule has 13 heteroatoms. The number of hydrogen-bond donors (Lipinski definition) is 0. The second-order valence-electron chi connectivity index (χ2n) is 11.8. The number of carbonyl (C=O) groups is 1. The quantitative estimate of drug-likeness (QED) is 0.108. The van der Waals surface area contributed by atoms with Crippen LogP contribution in [0.5, 0.6) is 11.5 Å². The summed E-state index contributed by atoms with van der Waals surface area (Å²) < 4.78 is 28.6. The number of allylic oxidation sites excluding steroid dienone is 3. The molecule has 48 heavy (non-hydrogen) atoms. The van der Waals surface area contributed by atoms with Gasteiger partial charge in [0.15, 0.2) is 6.29 Å². The molecule has 1 saturated heterocycles. The molecule has 7 rings (SSSR count). The van der Waals surface area contributed by atoms with Gasteiger partial charge in [0.1, 0.15) is 41.2 Å². The predicted molar refractivity (Wildman–Crippen MR) is 181 cm³/mol. The number of nitrogens with zero attached hydrogens (tertiary/aromatic N) is 5. The fraction of sp³-hybridized carbons (Fsp3) is 0.286. The van der Waals surface area contributed by atoms with E-state index in [0.29, 0.717) is 60.4 Å². The Morgan fingerprint density at radius 2 is 1.81 bits per heavy atom. The second-order valence-corrected chi connectivity index (χ2v) is 13.8. The highest BCUT2D eigenvalue weighted by Gasteiger charge is 2.54. The van der Waals surface area contributed by atoms with E-state index in [-0.39, 0.29) is 23.8 Å². The first-order valence-corrected chi connectivity index (χ1v) is 16.6. The number of fused-ring (bicyclic) bond motifs is 1. The Balaban J connectivity index is 1.20. The highest BCUT2D eigenvalue weighted by molar-refractivity contribution is 9.10. The number of alkyl halides is 1. The maximum absolute atomic E-state index is 12.0.